The van der Waals surface area contributed by atoms with Crippen molar-refractivity contribution in [2.24, 2.45) is 0 Å². The van der Waals surface area contributed by atoms with Gasteiger partial charge in [-0.3, -0.25) is 9.80 Å². The van der Waals surface area contributed by atoms with E-state index in [0.717, 1.165) is 57.4 Å². The standard InChI is InChI=1S/C29H36N2O3/c1-19-8-9-21-16-23-29(33)11-10-22(30(2)17-20-6-4-3-5-7-20)26-28(29,24(21)25(19)34-26)14-15-31(23)18-27(32)12-13-27/h3-9,22-23,26,32-33H,10-18H2,1-2H3/t22-,23?,26+,28+,29-/m1/s1. The molecule has 0 aromatic heterocycles. The van der Waals surface area contributed by atoms with Gasteiger partial charge in [-0.2, -0.15) is 0 Å². The minimum atomic E-state index is -0.822. The molecule has 2 heterocycles. The summed E-state index contributed by atoms with van der Waals surface area (Å²) in [6.45, 7) is 4.63. The quantitative estimate of drug-likeness (QED) is 0.718. The van der Waals surface area contributed by atoms with E-state index in [9.17, 15) is 10.2 Å². The van der Waals surface area contributed by atoms with Crippen molar-refractivity contribution in [3.05, 3.63) is 64.7 Å². The Morgan fingerprint density at radius 3 is 2.62 bits per heavy atom. The van der Waals surface area contributed by atoms with E-state index in [4.69, 9.17) is 4.74 Å². The smallest absolute Gasteiger partial charge is 0.127 e. The molecule has 1 unspecified atom stereocenters. The molecule has 1 saturated heterocycles. The van der Waals surface area contributed by atoms with Crippen LogP contribution in [0.5, 0.6) is 5.75 Å². The van der Waals surface area contributed by atoms with Crippen LogP contribution in [-0.2, 0) is 18.4 Å². The first-order valence-corrected chi connectivity index (χ1v) is 13.1. The van der Waals surface area contributed by atoms with Crippen LogP contribution in [0.15, 0.2) is 42.5 Å². The molecule has 5 heteroatoms. The average molecular weight is 461 g/mol. The number of benzene rings is 2. The molecule has 0 amide bonds. The van der Waals surface area contributed by atoms with E-state index in [1.807, 2.05) is 0 Å². The van der Waals surface area contributed by atoms with Crippen molar-refractivity contribution in [1.29, 1.82) is 0 Å². The Balaban J connectivity index is 1.31. The number of likely N-dealkylation sites (tertiary alicyclic amines) is 1. The van der Waals surface area contributed by atoms with Gasteiger partial charge < -0.3 is 14.9 Å². The summed E-state index contributed by atoms with van der Waals surface area (Å²) in [5, 5.41) is 23.4. The number of nitrogens with zero attached hydrogens (tertiary/aromatic N) is 2. The van der Waals surface area contributed by atoms with Crippen LogP contribution in [0, 0.1) is 6.92 Å². The van der Waals surface area contributed by atoms with Gasteiger partial charge in [0.25, 0.3) is 0 Å². The molecular formula is C29H36N2O3. The molecule has 3 aliphatic carbocycles. The van der Waals surface area contributed by atoms with Crippen molar-refractivity contribution in [1.82, 2.24) is 9.80 Å². The Kier molecular flexibility index (Phi) is 4.44. The zero-order valence-corrected chi connectivity index (χ0v) is 20.3. The predicted octanol–water partition coefficient (Wildman–Crippen LogP) is 3.17. The first-order chi connectivity index (χ1) is 16.3. The minimum absolute atomic E-state index is 0.0403. The van der Waals surface area contributed by atoms with Crippen molar-refractivity contribution in [2.45, 2.75) is 86.8 Å². The molecule has 5 aliphatic rings. The summed E-state index contributed by atoms with van der Waals surface area (Å²) in [4.78, 5) is 4.88. The lowest BCUT2D eigenvalue weighted by atomic mass is 9.48. The largest absolute Gasteiger partial charge is 0.487 e. The summed E-state index contributed by atoms with van der Waals surface area (Å²) >= 11 is 0. The number of aliphatic hydroxyl groups is 2. The highest BCUT2D eigenvalue weighted by Crippen LogP contribution is 2.65. The van der Waals surface area contributed by atoms with Gasteiger partial charge in [0.15, 0.2) is 0 Å². The summed E-state index contributed by atoms with van der Waals surface area (Å²) in [6, 6.07) is 15.4. The van der Waals surface area contributed by atoms with Crippen LogP contribution in [0.25, 0.3) is 0 Å². The third kappa shape index (κ3) is 2.76. The topological polar surface area (TPSA) is 56.2 Å². The number of β-amino-alcohol motifs (C(OH)–C–C–N with tert-alkyl or cyclic N) is 1. The van der Waals surface area contributed by atoms with Crippen LogP contribution in [0.1, 0.15) is 54.4 Å². The van der Waals surface area contributed by atoms with E-state index in [-0.39, 0.29) is 23.6 Å². The van der Waals surface area contributed by atoms with E-state index < -0.39 is 11.2 Å². The lowest BCUT2D eigenvalue weighted by Crippen LogP contribution is -2.78. The molecule has 2 N–H and O–H groups in total. The molecule has 180 valence electrons. The number of rotatable bonds is 5. The second-order valence-corrected chi connectivity index (χ2v) is 11.9. The van der Waals surface area contributed by atoms with Crippen LogP contribution in [0.2, 0.25) is 0 Å². The fraction of sp³-hybridized carbons (Fsp3) is 0.586. The average Bonchev–Trinajstić information content (AvgIpc) is 3.43. The second-order valence-electron chi connectivity index (χ2n) is 11.9. The van der Waals surface area contributed by atoms with Crippen molar-refractivity contribution >= 4 is 0 Å². The summed E-state index contributed by atoms with van der Waals surface area (Å²) < 4.78 is 6.92. The van der Waals surface area contributed by atoms with E-state index in [2.05, 4.69) is 66.2 Å². The monoisotopic (exact) mass is 460 g/mol. The van der Waals surface area contributed by atoms with E-state index in [1.165, 1.54) is 22.3 Å². The zero-order chi connectivity index (χ0) is 23.3. The van der Waals surface area contributed by atoms with Gasteiger partial charge in [0.1, 0.15) is 11.9 Å². The molecule has 2 bridgehead atoms. The van der Waals surface area contributed by atoms with Gasteiger partial charge in [-0.15, -0.1) is 0 Å². The summed E-state index contributed by atoms with van der Waals surface area (Å²) in [6.07, 6.45) is 5.16. The highest BCUT2D eigenvalue weighted by atomic mass is 16.5. The Morgan fingerprint density at radius 1 is 1.06 bits per heavy atom. The Labute approximate surface area is 202 Å². The van der Waals surface area contributed by atoms with Gasteiger partial charge >= 0.3 is 0 Å². The van der Waals surface area contributed by atoms with Gasteiger partial charge in [0.2, 0.25) is 0 Å². The number of likely N-dealkylation sites (N-methyl/N-ethyl adjacent to an activating group) is 1. The number of ether oxygens (including phenoxy) is 1. The van der Waals surface area contributed by atoms with Crippen LogP contribution < -0.4 is 4.74 Å². The fourth-order valence-electron chi connectivity index (χ4n) is 8.06. The molecule has 7 rings (SSSR count). The van der Waals surface area contributed by atoms with Gasteiger partial charge in [-0.1, -0.05) is 42.5 Å². The maximum absolute atomic E-state index is 12.7. The highest BCUT2D eigenvalue weighted by Gasteiger charge is 2.73. The number of aryl methyl sites for hydroxylation is 1. The summed E-state index contributed by atoms with van der Waals surface area (Å²) in [5.74, 6) is 1.04. The first-order valence-electron chi connectivity index (χ1n) is 13.1. The number of piperidine rings is 1. The third-order valence-electron chi connectivity index (χ3n) is 9.92. The third-order valence-corrected chi connectivity index (χ3v) is 9.92. The van der Waals surface area contributed by atoms with Crippen LogP contribution >= 0.6 is 0 Å². The normalized spacial score (nSPS) is 36.8. The van der Waals surface area contributed by atoms with Crippen molar-refractivity contribution in [2.75, 3.05) is 20.1 Å². The van der Waals surface area contributed by atoms with Gasteiger partial charge in [0, 0.05) is 30.7 Å². The van der Waals surface area contributed by atoms with Crippen LogP contribution in [-0.4, -0.2) is 69.5 Å². The molecule has 1 spiro atoms. The molecule has 5 atom stereocenters. The van der Waals surface area contributed by atoms with Crippen molar-refractivity contribution < 1.29 is 14.9 Å². The number of hydrogen-bond donors (Lipinski definition) is 2. The van der Waals surface area contributed by atoms with Crippen molar-refractivity contribution in [3.8, 4) is 5.75 Å². The molecule has 3 fully saturated rings. The minimum Gasteiger partial charge on any atom is -0.487 e. The zero-order valence-electron chi connectivity index (χ0n) is 20.3. The van der Waals surface area contributed by atoms with Gasteiger partial charge in [-0.05, 0) is 75.7 Å². The first kappa shape index (κ1) is 21.4. The molecule has 34 heavy (non-hydrogen) atoms. The molecule has 2 aliphatic heterocycles. The molecular weight excluding hydrogens is 424 g/mol. The van der Waals surface area contributed by atoms with Gasteiger partial charge in [-0.25, -0.2) is 0 Å². The molecule has 0 radical (unpaired) electrons. The van der Waals surface area contributed by atoms with E-state index in [0.29, 0.717) is 6.54 Å². The molecule has 2 saturated carbocycles. The lowest BCUT2D eigenvalue weighted by molar-refractivity contribution is -0.203. The molecule has 2 aromatic carbocycles. The molecule has 5 nitrogen and oxygen atoms in total. The maximum atomic E-state index is 12.7. The van der Waals surface area contributed by atoms with Gasteiger partial charge in [0.05, 0.1) is 16.6 Å². The highest BCUT2D eigenvalue weighted by molar-refractivity contribution is 5.60. The fourth-order valence-corrected chi connectivity index (χ4v) is 8.06. The van der Waals surface area contributed by atoms with E-state index >= 15 is 0 Å². The van der Waals surface area contributed by atoms with Crippen LogP contribution in [0.4, 0.5) is 0 Å². The summed E-state index contributed by atoms with van der Waals surface area (Å²) in [7, 11) is 2.22. The number of hydrogen-bond acceptors (Lipinski definition) is 5. The Bertz CT molecular complexity index is 1130. The van der Waals surface area contributed by atoms with Crippen molar-refractivity contribution in [3.63, 3.8) is 0 Å². The molecule has 2 aromatic rings. The SMILES string of the molecule is Cc1ccc2c3c1O[C@H]1[C@H](N(C)Cc4ccccc4)CC[C@@]4(O)C(C2)N(CC2(O)CC2)CC[C@]314. The lowest BCUT2D eigenvalue weighted by Gasteiger charge is -2.65. The van der Waals surface area contributed by atoms with E-state index in [1.54, 1.807) is 0 Å². The Morgan fingerprint density at radius 2 is 1.85 bits per heavy atom. The maximum Gasteiger partial charge on any atom is 0.127 e. The predicted molar refractivity (Wildman–Crippen MR) is 131 cm³/mol. The Hall–Kier alpha value is -1.92. The summed E-state index contributed by atoms with van der Waals surface area (Å²) in [5.41, 5.74) is 3.40. The van der Waals surface area contributed by atoms with Crippen LogP contribution in [0.3, 0.4) is 0 Å². The second kappa shape index (κ2) is 7.07.